The zero-order chi connectivity index (χ0) is 54.0. The maximum atomic E-state index is 14.6. The van der Waals surface area contributed by atoms with Crippen molar-refractivity contribution in [2.75, 3.05) is 6.61 Å². The number of aliphatic hydroxyl groups excluding tert-OH is 3. The minimum Gasteiger partial charge on any atom is -0.462 e. The van der Waals surface area contributed by atoms with Gasteiger partial charge in [0.05, 0.1) is 116 Å². The van der Waals surface area contributed by atoms with Gasteiger partial charge < -0.3 is 76.9 Å². The Morgan fingerprint density at radius 1 is 0.532 bits per heavy atom. The van der Waals surface area contributed by atoms with Gasteiger partial charge in [-0.25, -0.2) is 0 Å². The quantitative estimate of drug-likeness (QED) is 0.205. The topological polar surface area (TPSA) is 198 Å². The fraction of sp³-hybridized carbons (Fsp3) is 0.919. The van der Waals surface area contributed by atoms with Gasteiger partial charge in [0.1, 0.15) is 36.6 Å². The van der Waals surface area contributed by atoms with Gasteiger partial charge in [-0.05, 0) is 130 Å². The first-order valence-electron chi connectivity index (χ1n) is 31.5. The van der Waals surface area contributed by atoms with E-state index in [4.69, 9.17) is 61.6 Å². The number of carbonyl (C=O) groups excluding carboxylic acids is 1. The predicted octanol–water partition coefficient (Wildman–Crippen LogP) is 6.46. The lowest BCUT2D eigenvalue weighted by Crippen LogP contribution is -2.61. The Morgan fingerprint density at radius 3 is 2.10 bits per heavy atom. The lowest BCUT2D eigenvalue weighted by Gasteiger charge is -2.51. The third-order valence-electron chi connectivity index (χ3n) is 23.1. The maximum absolute atomic E-state index is 14.6. The second kappa shape index (κ2) is 20.2. The third-order valence-corrected chi connectivity index (χ3v) is 23.1. The molecule has 17 nitrogen and oxygen atoms in total. The lowest BCUT2D eigenvalue weighted by atomic mass is 9.66. The largest absolute Gasteiger partial charge is 0.462 e. The normalized spacial score (nSPS) is 57.2. The molecule has 14 saturated heterocycles. The third kappa shape index (κ3) is 9.45. The van der Waals surface area contributed by atoms with E-state index in [0.29, 0.717) is 38.5 Å². The number of hydrogen-bond donors (Lipinski definition) is 3. The standard InChI is InChI=1S/C62H90O17/c1-28-13-38-7-9-42-29(2)14-40(67-42)11-12-61-26-49-56(78-61)57-58(73-49)59(79-61)55-43(70-57)10-8-39(69-55)19-50(66)74-54-33(6)53-35(15-34(54)16-44(68-38)32(28)5)17-46-48(72-53)25-62(76-46)24-36-23-60(21-30(3)51(36)77-62)22-31(4)52-47(75-60)20-45(71-52)41(65)18-37(64)27-63/h28,30-31,33-49,51-59,63-65H,2,5,7-27H2,1,3-4,6H3. The van der Waals surface area contributed by atoms with Crippen molar-refractivity contribution in [3.05, 3.63) is 24.3 Å². The first kappa shape index (κ1) is 54.0. The van der Waals surface area contributed by atoms with E-state index in [2.05, 4.69) is 40.9 Å². The van der Waals surface area contributed by atoms with Crippen LogP contribution in [0.4, 0.5) is 0 Å². The minimum absolute atomic E-state index is 0.00546. The minimum atomic E-state index is -0.984. The molecule has 0 aromatic carbocycles. The second-order valence-corrected chi connectivity index (χ2v) is 28.7. The van der Waals surface area contributed by atoms with E-state index < -0.39 is 48.7 Å². The fourth-order valence-electron chi connectivity index (χ4n) is 19.7. The summed E-state index contributed by atoms with van der Waals surface area (Å²) in [7, 11) is 0. The van der Waals surface area contributed by atoms with Gasteiger partial charge >= 0.3 is 5.97 Å². The highest BCUT2D eigenvalue weighted by Crippen LogP contribution is 2.60. The Hall–Kier alpha value is -1.65. The van der Waals surface area contributed by atoms with Crippen LogP contribution in [0.3, 0.4) is 0 Å². The molecule has 0 radical (unpaired) electrons. The number of hydrogen-bond acceptors (Lipinski definition) is 17. The molecule has 17 heteroatoms. The Labute approximate surface area is 466 Å². The summed E-state index contributed by atoms with van der Waals surface area (Å²) in [5.41, 5.74) is 1.94. The molecule has 16 rings (SSSR count). The molecule has 2 saturated carbocycles. The van der Waals surface area contributed by atoms with E-state index in [1.807, 2.05) is 0 Å². The van der Waals surface area contributed by atoms with Crippen LogP contribution in [0, 0.1) is 41.4 Å². The molecular weight excluding hydrogens is 1020 g/mol. The number of aliphatic hydroxyl groups is 3. The molecule has 32 unspecified atom stereocenters. The summed E-state index contributed by atoms with van der Waals surface area (Å²) in [6, 6.07) is 0. The van der Waals surface area contributed by atoms with E-state index in [1.165, 1.54) is 0 Å². The Bertz CT molecular complexity index is 2340. The van der Waals surface area contributed by atoms with Gasteiger partial charge in [0.25, 0.3) is 0 Å². The van der Waals surface area contributed by atoms with Crippen molar-refractivity contribution in [3.8, 4) is 0 Å². The molecule has 14 aliphatic heterocycles. The van der Waals surface area contributed by atoms with Crippen LogP contribution in [0.1, 0.15) is 156 Å². The van der Waals surface area contributed by atoms with Crippen LogP contribution >= 0.6 is 0 Å². The van der Waals surface area contributed by atoms with E-state index in [-0.39, 0.29) is 170 Å². The van der Waals surface area contributed by atoms with Gasteiger partial charge in [0.15, 0.2) is 11.6 Å². The van der Waals surface area contributed by atoms with Crippen LogP contribution in [-0.4, -0.2) is 179 Å². The van der Waals surface area contributed by atoms with Gasteiger partial charge in [-0.1, -0.05) is 40.9 Å². The summed E-state index contributed by atoms with van der Waals surface area (Å²) >= 11 is 0. The molecule has 16 aliphatic rings. The van der Waals surface area contributed by atoms with E-state index in [9.17, 15) is 20.1 Å². The van der Waals surface area contributed by atoms with Gasteiger partial charge in [-0.15, -0.1) is 0 Å². The maximum Gasteiger partial charge on any atom is 0.308 e. The molecule has 16 fully saturated rings. The van der Waals surface area contributed by atoms with Crippen LogP contribution in [-0.2, 0) is 66.4 Å². The van der Waals surface area contributed by atoms with E-state index >= 15 is 0 Å². The fourth-order valence-corrected chi connectivity index (χ4v) is 19.7. The molecule has 12 bridgehead atoms. The van der Waals surface area contributed by atoms with Crippen LogP contribution < -0.4 is 0 Å². The van der Waals surface area contributed by atoms with Crippen molar-refractivity contribution >= 4 is 5.97 Å². The molecule has 2 aliphatic carbocycles. The zero-order valence-corrected chi connectivity index (χ0v) is 47.1. The van der Waals surface area contributed by atoms with Gasteiger partial charge in [0.2, 0.25) is 0 Å². The number of carbonyl (C=O) groups is 1. The summed E-state index contributed by atoms with van der Waals surface area (Å²) in [6.07, 6.45) is 8.78. The van der Waals surface area contributed by atoms with Gasteiger partial charge in [-0.3, -0.25) is 4.79 Å². The Kier molecular flexibility index (Phi) is 13.8. The van der Waals surface area contributed by atoms with Crippen molar-refractivity contribution < 1.29 is 81.7 Å². The van der Waals surface area contributed by atoms with Gasteiger partial charge in [-0.2, -0.15) is 0 Å². The molecule has 0 amide bonds. The van der Waals surface area contributed by atoms with Crippen molar-refractivity contribution in [2.24, 2.45) is 41.4 Å². The first-order chi connectivity index (χ1) is 38.0. The highest BCUT2D eigenvalue weighted by Gasteiger charge is 2.70. The van der Waals surface area contributed by atoms with Crippen molar-refractivity contribution in [1.29, 1.82) is 0 Å². The van der Waals surface area contributed by atoms with Crippen LogP contribution in [0.5, 0.6) is 0 Å². The zero-order valence-electron chi connectivity index (χ0n) is 47.1. The summed E-state index contributed by atoms with van der Waals surface area (Å²) < 4.78 is 90.4. The molecule has 0 aromatic heterocycles. The van der Waals surface area contributed by atoms with Crippen LogP contribution in [0.15, 0.2) is 24.3 Å². The number of ether oxygens (including phenoxy) is 13. The molecule has 440 valence electrons. The summed E-state index contributed by atoms with van der Waals surface area (Å²) in [6.45, 7) is 17.9. The molecular formula is C62H90O17. The number of fused-ring (bicyclic) bond motifs is 10. The summed E-state index contributed by atoms with van der Waals surface area (Å²) in [5, 5.41) is 30.4. The van der Waals surface area contributed by atoms with E-state index in [1.54, 1.807) is 0 Å². The monoisotopic (exact) mass is 1110 g/mol. The Balaban J connectivity index is 0.655. The number of rotatable bonds is 4. The SMILES string of the molecule is C=C1CC2CCC34CC5OC6C(OC7CCC(CC(=O)OC8C(CC9OC(CCC1O2)CC(C)C9=C)CC1CC2OC9(CC%10CC%11(CC(C)C%10O9)CC(C)C9OC(C(O)CC(O)CO)CC9O%11)CC2OC1C8C)OC7C6O3)C5O4. The molecule has 0 aromatic rings. The van der Waals surface area contributed by atoms with E-state index in [0.717, 1.165) is 88.2 Å². The lowest BCUT2D eigenvalue weighted by molar-refractivity contribution is -0.293. The molecule has 3 N–H and O–H groups in total. The molecule has 14 heterocycles. The van der Waals surface area contributed by atoms with Crippen molar-refractivity contribution in [2.45, 2.75) is 308 Å². The average Bonchev–Trinajstić information content (AvgIpc) is 4.46. The molecule has 32 atom stereocenters. The van der Waals surface area contributed by atoms with Crippen LogP contribution in [0.25, 0.3) is 0 Å². The van der Waals surface area contributed by atoms with Gasteiger partial charge in [0, 0.05) is 44.4 Å². The molecule has 3 spiro atoms. The number of esters is 1. The molecule has 79 heavy (non-hydrogen) atoms. The smallest absolute Gasteiger partial charge is 0.308 e. The van der Waals surface area contributed by atoms with Crippen LogP contribution in [0.2, 0.25) is 0 Å². The average molecular weight is 1110 g/mol. The first-order valence-corrected chi connectivity index (χ1v) is 31.5. The Morgan fingerprint density at radius 2 is 1.25 bits per heavy atom. The highest BCUT2D eigenvalue weighted by atomic mass is 16.8. The second-order valence-electron chi connectivity index (χ2n) is 28.7. The highest BCUT2D eigenvalue weighted by molar-refractivity contribution is 5.70. The van der Waals surface area contributed by atoms with Crippen molar-refractivity contribution in [1.82, 2.24) is 0 Å². The summed E-state index contributed by atoms with van der Waals surface area (Å²) in [4.78, 5) is 14.6. The summed E-state index contributed by atoms with van der Waals surface area (Å²) in [5.74, 6) is -0.673. The predicted molar refractivity (Wildman–Crippen MR) is 280 cm³/mol. The van der Waals surface area contributed by atoms with Crippen molar-refractivity contribution in [3.63, 3.8) is 0 Å².